The second-order valence-electron chi connectivity index (χ2n) is 2.70. The van der Waals surface area contributed by atoms with Crippen LogP contribution in [0.2, 0.25) is 0 Å². The Morgan fingerprint density at radius 1 is 1.55 bits per heavy atom. The van der Waals surface area contributed by atoms with E-state index in [-0.39, 0.29) is 6.03 Å². The molecule has 1 unspecified atom stereocenters. The van der Waals surface area contributed by atoms with E-state index in [0.717, 1.165) is 19.3 Å². The van der Waals surface area contributed by atoms with E-state index in [9.17, 15) is 4.79 Å². The zero-order valence-corrected chi connectivity index (χ0v) is 6.76. The lowest BCUT2D eigenvalue weighted by Crippen LogP contribution is -2.40. The van der Waals surface area contributed by atoms with Crippen LogP contribution in [0.25, 0.3) is 0 Å². The molecule has 11 heavy (non-hydrogen) atoms. The average Bonchev–Trinajstić information content (AvgIpc) is 2.06. The van der Waals surface area contributed by atoms with Crippen molar-refractivity contribution in [3.8, 4) is 0 Å². The Labute approximate surface area is 66.9 Å². The van der Waals surface area contributed by atoms with Gasteiger partial charge in [0.15, 0.2) is 0 Å². The minimum absolute atomic E-state index is 0.0784. The molecule has 3 nitrogen and oxygen atoms in total. The Kier molecular flexibility index (Phi) is 2.95. The molecule has 1 atom stereocenters. The van der Waals surface area contributed by atoms with Crippen LogP contribution in [0.1, 0.15) is 19.3 Å². The van der Waals surface area contributed by atoms with Crippen LogP contribution in [0.4, 0.5) is 4.79 Å². The molecule has 62 valence electrons. The zero-order chi connectivity index (χ0) is 8.10. The standard InChI is InChI=1S/C8H14N2O/c1-9-8(11)10-7-5-3-2-4-6-7/h2-3,7H,4-6H2,1H3,(H2,9,10,11). The fraction of sp³-hybridized carbons (Fsp3) is 0.625. The summed E-state index contributed by atoms with van der Waals surface area (Å²) in [5, 5.41) is 5.41. The van der Waals surface area contributed by atoms with Gasteiger partial charge < -0.3 is 10.6 Å². The highest BCUT2D eigenvalue weighted by molar-refractivity contribution is 5.73. The Morgan fingerprint density at radius 3 is 2.91 bits per heavy atom. The van der Waals surface area contributed by atoms with Crippen LogP contribution in [0.3, 0.4) is 0 Å². The van der Waals surface area contributed by atoms with Gasteiger partial charge in [0.05, 0.1) is 0 Å². The largest absolute Gasteiger partial charge is 0.341 e. The first-order valence-corrected chi connectivity index (χ1v) is 3.96. The molecule has 0 aromatic rings. The summed E-state index contributed by atoms with van der Waals surface area (Å²) in [7, 11) is 1.63. The number of hydrogen-bond acceptors (Lipinski definition) is 1. The number of hydrogen-bond donors (Lipinski definition) is 2. The second-order valence-corrected chi connectivity index (χ2v) is 2.70. The van der Waals surface area contributed by atoms with Gasteiger partial charge >= 0.3 is 6.03 Å². The van der Waals surface area contributed by atoms with Crippen molar-refractivity contribution < 1.29 is 4.79 Å². The molecule has 1 aliphatic rings. The molecule has 0 bridgehead atoms. The first kappa shape index (κ1) is 8.11. The Morgan fingerprint density at radius 2 is 2.36 bits per heavy atom. The predicted octanol–water partition coefficient (Wildman–Crippen LogP) is 1.02. The molecule has 0 heterocycles. The molecule has 1 aliphatic carbocycles. The Hall–Kier alpha value is -0.990. The van der Waals surface area contributed by atoms with E-state index in [2.05, 4.69) is 22.8 Å². The molecule has 0 saturated heterocycles. The SMILES string of the molecule is CNC(=O)NC1CC=CCC1. The monoisotopic (exact) mass is 154 g/mol. The van der Waals surface area contributed by atoms with E-state index in [1.807, 2.05) is 0 Å². The average molecular weight is 154 g/mol. The smallest absolute Gasteiger partial charge is 0.314 e. The van der Waals surface area contributed by atoms with Crippen molar-refractivity contribution in [2.24, 2.45) is 0 Å². The van der Waals surface area contributed by atoms with Gasteiger partial charge in [-0.1, -0.05) is 12.2 Å². The normalized spacial score (nSPS) is 22.8. The van der Waals surface area contributed by atoms with E-state index in [1.54, 1.807) is 7.05 Å². The van der Waals surface area contributed by atoms with Gasteiger partial charge in [0.25, 0.3) is 0 Å². The van der Waals surface area contributed by atoms with Gasteiger partial charge in [-0.15, -0.1) is 0 Å². The molecular formula is C8H14N2O. The minimum Gasteiger partial charge on any atom is -0.341 e. The van der Waals surface area contributed by atoms with E-state index in [1.165, 1.54) is 0 Å². The molecule has 2 N–H and O–H groups in total. The molecule has 0 saturated carbocycles. The fourth-order valence-corrected chi connectivity index (χ4v) is 1.18. The van der Waals surface area contributed by atoms with Gasteiger partial charge in [0.2, 0.25) is 0 Å². The van der Waals surface area contributed by atoms with Crippen LogP contribution in [0.15, 0.2) is 12.2 Å². The van der Waals surface area contributed by atoms with Crippen LogP contribution >= 0.6 is 0 Å². The summed E-state index contributed by atoms with van der Waals surface area (Å²) in [6.07, 6.45) is 7.37. The fourth-order valence-electron chi connectivity index (χ4n) is 1.18. The third kappa shape index (κ3) is 2.62. The molecule has 0 aromatic heterocycles. The quantitative estimate of drug-likeness (QED) is 0.544. The molecule has 0 aliphatic heterocycles. The molecule has 0 spiro atoms. The van der Waals surface area contributed by atoms with Gasteiger partial charge in [0, 0.05) is 13.1 Å². The molecule has 2 amide bonds. The van der Waals surface area contributed by atoms with Crippen molar-refractivity contribution in [2.45, 2.75) is 25.3 Å². The van der Waals surface area contributed by atoms with Crippen LogP contribution in [0, 0.1) is 0 Å². The summed E-state index contributed by atoms with van der Waals surface area (Å²) in [6.45, 7) is 0. The van der Waals surface area contributed by atoms with E-state index < -0.39 is 0 Å². The van der Waals surface area contributed by atoms with Gasteiger partial charge in [-0.2, -0.15) is 0 Å². The summed E-state index contributed by atoms with van der Waals surface area (Å²) in [5.74, 6) is 0. The van der Waals surface area contributed by atoms with Crippen molar-refractivity contribution in [3.05, 3.63) is 12.2 Å². The maximum absolute atomic E-state index is 10.8. The number of carbonyl (C=O) groups is 1. The molecule has 1 rings (SSSR count). The number of urea groups is 1. The summed E-state index contributed by atoms with van der Waals surface area (Å²) in [6, 6.07) is 0.255. The van der Waals surface area contributed by atoms with Gasteiger partial charge in [-0.25, -0.2) is 4.79 Å². The van der Waals surface area contributed by atoms with Crippen LogP contribution in [-0.2, 0) is 0 Å². The number of carbonyl (C=O) groups excluding carboxylic acids is 1. The lowest BCUT2D eigenvalue weighted by atomic mass is 10.0. The first-order chi connectivity index (χ1) is 5.33. The molecular weight excluding hydrogens is 140 g/mol. The highest BCUT2D eigenvalue weighted by Crippen LogP contribution is 2.09. The highest BCUT2D eigenvalue weighted by Gasteiger charge is 2.10. The zero-order valence-electron chi connectivity index (χ0n) is 6.76. The summed E-state index contributed by atoms with van der Waals surface area (Å²) in [5.41, 5.74) is 0. The van der Waals surface area contributed by atoms with Gasteiger partial charge in [-0.05, 0) is 19.3 Å². The van der Waals surface area contributed by atoms with E-state index in [4.69, 9.17) is 0 Å². The maximum atomic E-state index is 10.8. The number of nitrogens with one attached hydrogen (secondary N) is 2. The molecule has 0 aromatic carbocycles. The summed E-state index contributed by atoms with van der Waals surface area (Å²) >= 11 is 0. The summed E-state index contributed by atoms with van der Waals surface area (Å²) < 4.78 is 0. The number of amides is 2. The minimum atomic E-state index is -0.0784. The second kappa shape index (κ2) is 4.01. The van der Waals surface area contributed by atoms with Crippen LogP contribution in [-0.4, -0.2) is 19.1 Å². The molecule has 0 fully saturated rings. The van der Waals surface area contributed by atoms with E-state index in [0.29, 0.717) is 6.04 Å². The number of rotatable bonds is 1. The lowest BCUT2D eigenvalue weighted by molar-refractivity contribution is 0.238. The van der Waals surface area contributed by atoms with Gasteiger partial charge in [0.1, 0.15) is 0 Å². The Balaban J connectivity index is 2.26. The van der Waals surface area contributed by atoms with Crippen molar-refractivity contribution in [1.29, 1.82) is 0 Å². The topological polar surface area (TPSA) is 41.1 Å². The molecule has 3 heteroatoms. The van der Waals surface area contributed by atoms with Crippen molar-refractivity contribution in [1.82, 2.24) is 10.6 Å². The Bertz CT molecular complexity index is 165. The summed E-state index contributed by atoms with van der Waals surface area (Å²) in [4.78, 5) is 10.8. The van der Waals surface area contributed by atoms with Crippen molar-refractivity contribution in [3.63, 3.8) is 0 Å². The van der Waals surface area contributed by atoms with Crippen molar-refractivity contribution >= 4 is 6.03 Å². The van der Waals surface area contributed by atoms with Crippen molar-refractivity contribution in [2.75, 3.05) is 7.05 Å². The third-order valence-electron chi connectivity index (χ3n) is 1.83. The third-order valence-corrected chi connectivity index (χ3v) is 1.83. The maximum Gasteiger partial charge on any atom is 0.314 e. The van der Waals surface area contributed by atoms with Crippen LogP contribution in [0.5, 0.6) is 0 Å². The number of allylic oxidation sites excluding steroid dienone is 1. The van der Waals surface area contributed by atoms with Gasteiger partial charge in [-0.3, -0.25) is 0 Å². The molecule has 0 radical (unpaired) electrons. The highest BCUT2D eigenvalue weighted by atomic mass is 16.2. The first-order valence-electron chi connectivity index (χ1n) is 3.96. The van der Waals surface area contributed by atoms with Crippen LogP contribution < -0.4 is 10.6 Å². The lowest BCUT2D eigenvalue weighted by Gasteiger charge is -2.18. The predicted molar refractivity (Wildman–Crippen MR) is 44.4 cm³/mol. The van der Waals surface area contributed by atoms with E-state index >= 15 is 0 Å².